The predicted molar refractivity (Wildman–Crippen MR) is 169 cm³/mol. The summed E-state index contributed by atoms with van der Waals surface area (Å²) in [6.45, 7) is 17.5. The second kappa shape index (κ2) is 13.6. The average molecular weight is 537 g/mol. The number of hydrogen-bond donors (Lipinski definition) is 0. The molecule has 0 aromatic rings. The fraction of sp³-hybridized carbons (Fsp3) is 0.892. The quantitative estimate of drug-likeness (QED) is 0.333. The summed E-state index contributed by atoms with van der Waals surface area (Å²) < 4.78 is 0. The van der Waals surface area contributed by atoms with E-state index in [1.54, 1.807) is 0 Å². The molecule has 0 saturated heterocycles. The molecule has 0 aromatic carbocycles. The average Bonchev–Trinajstić information content (AvgIpc) is 3.47. The summed E-state index contributed by atoms with van der Waals surface area (Å²) >= 11 is 0. The molecule has 0 spiro atoms. The molecular formula is C37H64N2. The highest BCUT2D eigenvalue weighted by Gasteiger charge is 2.48. The van der Waals surface area contributed by atoms with E-state index < -0.39 is 0 Å². The van der Waals surface area contributed by atoms with Gasteiger partial charge in [-0.05, 0) is 105 Å². The minimum atomic E-state index is 0.717. The van der Waals surface area contributed by atoms with Crippen molar-refractivity contribution in [1.29, 1.82) is 0 Å². The molecule has 1 heterocycles. The molecule has 0 N–H and O–H groups in total. The van der Waals surface area contributed by atoms with E-state index in [0.717, 1.165) is 59.4 Å². The van der Waals surface area contributed by atoms with E-state index in [0.29, 0.717) is 12.1 Å². The Morgan fingerprint density at radius 3 is 1.38 bits per heavy atom. The summed E-state index contributed by atoms with van der Waals surface area (Å²) in [4.78, 5) is 6.17. The third kappa shape index (κ3) is 6.28. The molecule has 0 amide bonds. The van der Waals surface area contributed by atoms with Gasteiger partial charge in [0.15, 0.2) is 0 Å². The maximum Gasteiger partial charge on any atom is 0.0167 e. The molecule has 5 rings (SSSR count). The largest absolute Gasteiger partial charge is 0.297 e. The van der Waals surface area contributed by atoms with E-state index in [1.165, 1.54) is 96.6 Å². The minimum absolute atomic E-state index is 0.717. The van der Waals surface area contributed by atoms with Crippen molar-refractivity contribution in [3.05, 3.63) is 24.3 Å². The van der Waals surface area contributed by atoms with Crippen LogP contribution in [0.25, 0.3) is 0 Å². The first-order valence-corrected chi connectivity index (χ1v) is 17.8. The second-order valence-electron chi connectivity index (χ2n) is 15.2. The van der Waals surface area contributed by atoms with E-state index >= 15 is 0 Å². The molecule has 39 heavy (non-hydrogen) atoms. The van der Waals surface area contributed by atoms with Crippen molar-refractivity contribution in [1.82, 2.24) is 9.80 Å². The van der Waals surface area contributed by atoms with E-state index in [2.05, 4.69) is 75.6 Å². The molecule has 0 aromatic heterocycles. The molecule has 222 valence electrons. The monoisotopic (exact) mass is 537 g/mol. The van der Waals surface area contributed by atoms with Gasteiger partial charge in [-0.15, -0.1) is 0 Å². The molecule has 2 nitrogen and oxygen atoms in total. The Balaban J connectivity index is 1.50. The molecule has 2 heteroatoms. The summed E-state index contributed by atoms with van der Waals surface area (Å²) in [5, 5.41) is 0. The summed E-state index contributed by atoms with van der Waals surface area (Å²) in [5.41, 5.74) is 0. The van der Waals surface area contributed by atoms with Crippen LogP contribution in [0.4, 0.5) is 0 Å². The van der Waals surface area contributed by atoms with Gasteiger partial charge in [0.2, 0.25) is 0 Å². The van der Waals surface area contributed by atoms with Crippen LogP contribution in [-0.4, -0.2) is 47.1 Å². The summed E-state index contributed by atoms with van der Waals surface area (Å²) in [6.07, 6.45) is 29.1. The molecule has 1 aliphatic heterocycles. The zero-order chi connectivity index (χ0) is 27.5. The first-order valence-electron chi connectivity index (χ1n) is 17.8. The van der Waals surface area contributed by atoms with Gasteiger partial charge in [0.1, 0.15) is 0 Å². The first kappa shape index (κ1) is 29.9. The van der Waals surface area contributed by atoms with Crippen LogP contribution in [0.5, 0.6) is 0 Å². The summed E-state index contributed by atoms with van der Waals surface area (Å²) in [7, 11) is 0. The van der Waals surface area contributed by atoms with Crippen molar-refractivity contribution < 1.29 is 0 Å². The van der Waals surface area contributed by atoms with Crippen molar-refractivity contribution in [2.45, 2.75) is 149 Å². The van der Waals surface area contributed by atoms with Gasteiger partial charge >= 0.3 is 0 Å². The lowest BCUT2D eigenvalue weighted by Crippen LogP contribution is -2.51. The van der Waals surface area contributed by atoms with Gasteiger partial charge in [0.05, 0.1) is 0 Å². The lowest BCUT2D eigenvalue weighted by atomic mass is 9.77. The molecule has 4 fully saturated rings. The van der Waals surface area contributed by atoms with Crippen molar-refractivity contribution in [3.63, 3.8) is 0 Å². The van der Waals surface area contributed by atoms with Crippen molar-refractivity contribution in [2.75, 3.05) is 13.1 Å². The molecule has 0 radical (unpaired) electrons. The summed E-state index contributed by atoms with van der Waals surface area (Å²) in [6, 6.07) is 2.93. The van der Waals surface area contributed by atoms with Crippen LogP contribution >= 0.6 is 0 Å². The number of fused-ring (bicyclic) bond motifs is 6. The van der Waals surface area contributed by atoms with Gasteiger partial charge < -0.3 is 0 Å². The zero-order valence-corrected chi connectivity index (χ0v) is 26.7. The van der Waals surface area contributed by atoms with E-state index in [-0.39, 0.29) is 0 Å². The maximum atomic E-state index is 3.08. The SMILES string of the molecule is CCC(C(C)C)N1CCCN(C(CC)C(C)C)[C@H]2CC3CCCC[C@@H]3[C@H]2C=CC=C[C@@H]2C3CCCC[C@@H]3CC21. The molecule has 0 bridgehead atoms. The van der Waals surface area contributed by atoms with Crippen LogP contribution < -0.4 is 0 Å². The Morgan fingerprint density at radius 1 is 0.590 bits per heavy atom. The Morgan fingerprint density at radius 2 is 1.00 bits per heavy atom. The van der Waals surface area contributed by atoms with Crippen molar-refractivity contribution in [3.8, 4) is 0 Å². The number of allylic oxidation sites excluding steroid dienone is 2. The number of rotatable bonds is 6. The normalized spacial score (nSPS) is 39.8. The van der Waals surface area contributed by atoms with Gasteiger partial charge in [-0.25, -0.2) is 0 Å². The van der Waals surface area contributed by atoms with Gasteiger partial charge in [-0.3, -0.25) is 9.80 Å². The lowest BCUT2D eigenvalue weighted by molar-refractivity contribution is 0.0515. The first-order chi connectivity index (χ1) is 18.9. The fourth-order valence-corrected chi connectivity index (χ4v) is 11.0. The maximum absolute atomic E-state index is 3.08. The van der Waals surface area contributed by atoms with Gasteiger partial charge in [0.25, 0.3) is 0 Å². The van der Waals surface area contributed by atoms with Gasteiger partial charge in [-0.2, -0.15) is 0 Å². The topological polar surface area (TPSA) is 6.48 Å². The minimum Gasteiger partial charge on any atom is -0.297 e. The highest BCUT2D eigenvalue weighted by Crippen LogP contribution is 2.51. The Bertz CT molecular complexity index is 746. The highest BCUT2D eigenvalue weighted by molar-refractivity contribution is 5.16. The van der Waals surface area contributed by atoms with Crippen LogP contribution in [0.1, 0.15) is 125 Å². The molecule has 10 atom stereocenters. The predicted octanol–water partition coefficient (Wildman–Crippen LogP) is 9.37. The van der Waals surface area contributed by atoms with Crippen LogP contribution in [0, 0.1) is 47.3 Å². The molecular weight excluding hydrogens is 472 g/mol. The smallest absolute Gasteiger partial charge is 0.0167 e. The molecule has 4 aliphatic carbocycles. The molecule has 5 aliphatic rings. The van der Waals surface area contributed by atoms with E-state index in [4.69, 9.17) is 0 Å². The zero-order valence-electron chi connectivity index (χ0n) is 26.7. The fourth-order valence-electron chi connectivity index (χ4n) is 11.0. The molecule has 4 saturated carbocycles. The van der Waals surface area contributed by atoms with Crippen molar-refractivity contribution >= 4 is 0 Å². The lowest BCUT2D eigenvalue weighted by Gasteiger charge is -2.43. The van der Waals surface area contributed by atoms with Crippen LogP contribution in [-0.2, 0) is 0 Å². The number of hydrogen-bond acceptors (Lipinski definition) is 2. The Hall–Kier alpha value is -0.600. The highest BCUT2D eigenvalue weighted by atomic mass is 15.2. The third-order valence-corrected chi connectivity index (χ3v) is 12.6. The van der Waals surface area contributed by atoms with E-state index in [9.17, 15) is 0 Å². The van der Waals surface area contributed by atoms with Gasteiger partial charge in [-0.1, -0.05) is 104 Å². The van der Waals surface area contributed by atoms with Crippen LogP contribution in [0.3, 0.4) is 0 Å². The van der Waals surface area contributed by atoms with Crippen LogP contribution in [0.2, 0.25) is 0 Å². The Labute approximate surface area is 243 Å². The van der Waals surface area contributed by atoms with Gasteiger partial charge in [0, 0.05) is 24.2 Å². The number of nitrogens with zero attached hydrogens (tertiary/aromatic N) is 2. The van der Waals surface area contributed by atoms with Crippen molar-refractivity contribution in [2.24, 2.45) is 47.3 Å². The second-order valence-corrected chi connectivity index (χ2v) is 15.2. The standard InChI is InChI=1S/C37H64N2/c1-7-34(26(3)4)38-22-15-23-39(35(8-2)27(5)6)37-25-29-17-10-12-19-31(29)33(37)21-14-13-20-32-30-18-11-9-16-28(30)24-36(32)38/h13-14,20-21,26-37H,7-12,15-19,22-25H2,1-6H3/t28-,29?,30?,31+,32-,33-,34?,35?,36?,37+/m1/s1. The van der Waals surface area contributed by atoms with Crippen LogP contribution in [0.15, 0.2) is 24.3 Å². The Kier molecular flexibility index (Phi) is 10.4. The third-order valence-electron chi connectivity index (χ3n) is 12.6. The summed E-state index contributed by atoms with van der Waals surface area (Å²) in [5.74, 6) is 6.75. The van der Waals surface area contributed by atoms with E-state index in [1.807, 2.05) is 0 Å². The molecule has 5 unspecified atom stereocenters.